The number of hydrogen-bond donors (Lipinski definition) is 2. The van der Waals surface area contributed by atoms with Crippen LogP contribution in [0.1, 0.15) is 17.5 Å². The zero-order valence-electron chi connectivity index (χ0n) is 12.9. The maximum Gasteiger partial charge on any atom is 0.416 e. The van der Waals surface area contributed by atoms with Crippen LogP contribution >= 0.6 is 11.6 Å². The number of halogens is 4. The molecule has 0 fully saturated rings. The van der Waals surface area contributed by atoms with Crippen LogP contribution in [-0.4, -0.2) is 12.5 Å². The lowest BCUT2D eigenvalue weighted by molar-refractivity contribution is -0.137. The SMILES string of the molecule is Cc1ccc(Cl)cc1NCCC(=O)Nc1ccc(C(F)(F)F)cc1. The molecule has 2 aromatic carbocycles. The zero-order valence-corrected chi connectivity index (χ0v) is 13.6. The molecule has 2 N–H and O–H groups in total. The van der Waals surface area contributed by atoms with Crippen molar-refractivity contribution in [2.75, 3.05) is 17.2 Å². The Bertz CT molecular complexity index is 715. The van der Waals surface area contributed by atoms with Crippen LogP contribution in [0.25, 0.3) is 0 Å². The Labute approximate surface area is 142 Å². The van der Waals surface area contributed by atoms with Crippen LogP contribution in [0.3, 0.4) is 0 Å². The molecular formula is C17H16ClF3N2O. The first-order chi connectivity index (χ1) is 11.3. The molecule has 0 bridgehead atoms. The molecule has 0 aromatic heterocycles. The molecule has 1 amide bonds. The second-order valence-corrected chi connectivity index (χ2v) is 5.70. The van der Waals surface area contributed by atoms with Gasteiger partial charge in [-0.25, -0.2) is 0 Å². The molecule has 7 heteroatoms. The minimum atomic E-state index is -4.39. The lowest BCUT2D eigenvalue weighted by atomic mass is 10.2. The Balaban J connectivity index is 1.84. The van der Waals surface area contributed by atoms with E-state index in [1.54, 1.807) is 12.1 Å². The summed E-state index contributed by atoms with van der Waals surface area (Å²) in [7, 11) is 0. The summed E-state index contributed by atoms with van der Waals surface area (Å²) in [5, 5.41) is 6.26. The minimum absolute atomic E-state index is 0.174. The Hall–Kier alpha value is -2.21. The van der Waals surface area contributed by atoms with Crippen molar-refractivity contribution in [1.29, 1.82) is 0 Å². The molecule has 0 aliphatic heterocycles. The Morgan fingerprint density at radius 2 is 1.79 bits per heavy atom. The third-order valence-corrected chi connectivity index (χ3v) is 3.60. The Morgan fingerprint density at radius 3 is 2.42 bits per heavy atom. The fourth-order valence-electron chi connectivity index (χ4n) is 2.06. The maximum atomic E-state index is 12.5. The van der Waals surface area contributed by atoms with Crippen LogP contribution in [0.15, 0.2) is 42.5 Å². The maximum absolute atomic E-state index is 12.5. The number of carbonyl (C=O) groups excluding carboxylic acids is 1. The minimum Gasteiger partial charge on any atom is -0.384 e. The van der Waals surface area contributed by atoms with E-state index in [0.717, 1.165) is 23.4 Å². The highest BCUT2D eigenvalue weighted by Gasteiger charge is 2.29. The molecule has 128 valence electrons. The first kappa shape index (κ1) is 18.1. The number of nitrogens with one attached hydrogen (secondary N) is 2. The van der Waals surface area contributed by atoms with E-state index in [4.69, 9.17) is 11.6 Å². The van der Waals surface area contributed by atoms with Crippen LogP contribution in [0, 0.1) is 6.92 Å². The van der Waals surface area contributed by atoms with Gasteiger partial charge in [-0.2, -0.15) is 13.2 Å². The summed E-state index contributed by atoms with van der Waals surface area (Å²) < 4.78 is 37.4. The summed E-state index contributed by atoms with van der Waals surface area (Å²) >= 11 is 5.91. The van der Waals surface area contributed by atoms with E-state index in [1.165, 1.54) is 12.1 Å². The lowest BCUT2D eigenvalue weighted by Crippen LogP contribution is -2.16. The fraction of sp³-hybridized carbons (Fsp3) is 0.235. The summed E-state index contributed by atoms with van der Waals surface area (Å²) in [6.45, 7) is 2.30. The highest BCUT2D eigenvalue weighted by molar-refractivity contribution is 6.30. The molecule has 0 saturated carbocycles. The third-order valence-electron chi connectivity index (χ3n) is 3.36. The Kier molecular flexibility index (Phi) is 5.72. The predicted molar refractivity (Wildman–Crippen MR) is 89.4 cm³/mol. The van der Waals surface area contributed by atoms with Gasteiger partial charge in [0.1, 0.15) is 0 Å². The summed E-state index contributed by atoms with van der Waals surface area (Å²) in [6.07, 6.45) is -4.21. The summed E-state index contributed by atoms with van der Waals surface area (Å²) in [4.78, 5) is 11.8. The summed E-state index contributed by atoms with van der Waals surface area (Å²) in [5.41, 5.74) is 1.41. The number of rotatable bonds is 5. The molecule has 0 aliphatic carbocycles. The monoisotopic (exact) mass is 356 g/mol. The van der Waals surface area contributed by atoms with Crippen LogP contribution < -0.4 is 10.6 Å². The second kappa shape index (κ2) is 7.57. The van der Waals surface area contributed by atoms with E-state index < -0.39 is 11.7 Å². The van der Waals surface area contributed by atoms with E-state index in [9.17, 15) is 18.0 Å². The molecule has 3 nitrogen and oxygen atoms in total. The van der Waals surface area contributed by atoms with E-state index in [0.29, 0.717) is 17.3 Å². The number of benzene rings is 2. The molecule has 0 atom stereocenters. The van der Waals surface area contributed by atoms with E-state index in [2.05, 4.69) is 10.6 Å². The van der Waals surface area contributed by atoms with Crippen molar-refractivity contribution >= 4 is 28.9 Å². The van der Waals surface area contributed by atoms with Gasteiger partial charge in [-0.15, -0.1) is 0 Å². The zero-order chi connectivity index (χ0) is 17.7. The summed E-state index contributed by atoms with van der Waals surface area (Å²) in [5.74, 6) is -0.290. The van der Waals surface area contributed by atoms with Gasteiger partial charge < -0.3 is 10.6 Å². The van der Waals surface area contributed by atoms with E-state index in [-0.39, 0.29) is 12.3 Å². The van der Waals surface area contributed by atoms with Gasteiger partial charge in [-0.05, 0) is 48.9 Å². The lowest BCUT2D eigenvalue weighted by Gasteiger charge is -2.11. The largest absolute Gasteiger partial charge is 0.416 e. The first-order valence-corrected chi connectivity index (χ1v) is 7.60. The standard InChI is InChI=1S/C17H16ClF3N2O/c1-11-2-5-13(18)10-15(11)22-9-8-16(24)23-14-6-3-12(4-7-14)17(19,20)21/h2-7,10,22H,8-9H2,1H3,(H,23,24). The van der Waals surface area contributed by atoms with E-state index in [1.807, 2.05) is 13.0 Å². The highest BCUT2D eigenvalue weighted by atomic mass is 35.5. The number of alkyl halides is 3. The fourth-order valence-corrected chi connectivity index (χ4v) is 2.23. The van der Waals surface area contributed by atoms with Crippen molar-refractivity contribution in [3.8, 4) is 0 Å². The van der Waals surface area contributed by atoms with Crippen LogP contribution in [0.5, 0.6) is 0 Å². The molecule has 24 heavy (non-hydrogen) atoms. The van der Waals surface area contributed by atoms with Gasteiger partial charge in [0.2, 0.25) is 5.91 Å². The second-order valence-electron chi connectivity index (χ2n) is 5.26. The van der Waals surface area contributed by atoms with Gasteiger partial charge in [0, 0.05) is 29.4 Å². The van der Waals surface area contributed by atoms with Gasteiger partial charge in [-0.3, -0.25) is 4.79 Å². The van der Waals surface area contributed by atoms with Crippen molar-refractivity contribution in [1.82, 2.24) is 0 Å². The molecule has 2 rings (SSSR count). The predicted octanol–water partition coefficient (Wildman–Crippen LogP) is 5.11. The van der Waals surface area contributed by atoms with Gasteiger partial charge in [0.25, 0.3) is 0 Å². The third kappa shape index (κ3) is 5.16. The molecule has 0 radical (unpaired) electrons. The van der Waals surface area contributed by atoms with Crippen LogP contribution in [-0.2, 0) is 11.0 Å². The average Bonchev–Trinajstić information content (AvgIpc) is 2.50. The van der Waals surface area contributed by atoms with Crippen molar-refractivity contribution in [3.63, 3.8) is 0 Å². The molecule has 0 aliphatic rings. The van der Waals surface area contributed by atoms with Crippen molar-refractivity contribution in [3.05, 3.63) is 58.6 Å². The Morgan fingerprint density at radius 1 is 1.12 bits per heavy atom. The number of aryl methyl sites for hydroxylation is 1. The van der Waals surface area contributed by atoms with Gasteiger partial charge in [0.15, 0.2) is 0 Å². The molecule has 0 unspecified atom stereocenters. The molecule has 0 saturated heterocycles. The smallest absolute Gasteiger partial charge is 0.384 e. The normalized spacial score (nSPS) is 11.2. The van der Waals surface area contributed by atoms with Crippen LogP contribution in [0.4, 0.5) is 24.5 Å². The number of amides is 1. The van der Waals surface area contributed by atoms with Gasteiger partial charge >= 0.3 is 6.18 Å². The van der Waals surface area contributed by atoms with Crippen molar-refractivity contribution < 1.29 is 18.0 Å². The topological polar surface area (TPSA) is 41.1 Å². The molecule has 2 aromatic rings. The number of carbonyl (C=O) groups is 1. The van der Waals surface area contributed by atoms with Crippen molar-refractivity contribution in [2.45, 2.75) is 19.5 Å². The quantitative estimate of drug-likeness (QED) is 0.781. The summed E-state index contributed by atoms with van der Waals surface area (Å²) in [6, 6.07) is 9.74. The average molecular weight is 357 g/mol. The molecule has 0 heterocycles. The molecular weight excluding hydrogens is 341 g/mol. The highest BCUT2D eigenvalue weighted by Crippen LogP contribution is 2.29. The number of hydrogen-bond acceptors (Lipinski definition) is 2. The first-order valence-electron chi connectivity index (χ1n) is 7.23. The van der Waals surface area contributed by atoms with Gasteiger partial charge in [-0.1, -0.05) is 17.7 Å². The van der Waals surface area contributed by atoms with E-state index >= 15 is 0 Å². The number of anilines is 2. The van der Waals surface area contributed by atoms with Crippen LogP contribution in [0.2, 0.25) is 5.02 Å². The van der Waals surface area contributed by atoms with Gasteiger partial charge in [0.05, 0.1) is 5.56 Å². The molecule has 0 spiro atoms. The van der Waals surface area contributed by atoms with Crippen molar-refractivity contribution in [2.24, 2.45) is 0 Å².